The molecule has 0 aliphatic heterocycles. The Bertz CT molecular complexity index is 1270. The van der Waals surface area contributed by atoms with Crippen molar-refractivity contribution in [2.45, 2.75) is 5.16 Å². The smallest absolute Gasteiger partial charge is 0.260 e. The van der Waals surface area contributed by atoms with Gasteiger partial charge in [-0.05, 0) is 23.8 Å². The number of amides is 1. The molecule has 0 spiro atoms. The molecule has 4 rings (SSSR count). The summed E-state index contributed by atoms with van der Waals surface area (Å²) in [6.07, 6.45) is 0. The molecular formula is C21H16ClN3O3S2. The molecule has 0 saturated carbocycles. The maximum absolute atomic E-state index is 12.7. The van der Waals surface area contributed by atoms with E-state index in [4.69, 9.17) is 16.3 Å². The molecule has 2 aromatic heterocycles. The van der Waals surface area contributed by atoms with Crippen LogP contribution in [0.4, 0.5) is 5.69 Å². The first kappa shape index (κ1) is 20.5. The van der Waals surface area contributed by atoms with E-state index in [-0.39, 0.29) is 17.2 Å². The van der Waals surface area contributed by atoms with Crippen molar-refractivity contribution >= 4 is 56.5 Å². The number of hydrogen-bond donors (Lipinski definition) is 2. The maximum Gasteiger partial charge on any atom is 0.260 e. The molecule has 0 fully saturated rings. The summed E-state index contributed by atoms with van der Waals surface area (Å²) in [5.41, 5.74) is 2.08. The summed E-state index contributed by atoms with van der Waals surface area (Å²) < 4.78 is 5.23. The van der Waals surface area contributed by atoms with Crippen LogP contribution in [0.3, 0.4) is 0 Å². The lowest BCUT2D eigenvalue weighted by Gasteiger charge is -2.10. The molecule has 6 nitrogen and oxygen atoms in total. The minimum Gasteiger partial charge on any atom is -0.495 e. The quantitative estimate of drug-likeness (QED) is 0.313. The van der Waals surface area contributed by atoms with Gasteiger partial charge in [0.2, 0.25) is 5.91 Å². The molecule has 2 heterocycles. The highest BCUT2D eigenvalue weighted by Crippen LogP contribution is 2.31. The van der Waals surface area contributed by atoms with Crippen LogP contribution in [-0.2, 0) is 4.79 Å². The minimum atomic E-state index is -0.264. The number of rotatable bonds is 6. The number of nitrogens with one attached hydrogen (secondary N) is 2. The minimum absolute atomic E-state index is 0.0705. The fraction of sp³-hybridized carbons (Fsp3) is 0.0952. The van der Waals surface area contributed by atoms with Gasteiger partial charge in [0, 0.05) is 16.0 Å². The molecule has 0 radical (unpaired) electrons. The fourth-order valence-corrected chi connectivity index (χ4v) is 4.76. The van der Waals surface area contributed by atoms with Crippen LogP contribution < -0.4 is 15.6 Å². The largest absolute Gasteiger partial charge is 0.495 e. The van der Waals surface area contributed by atoms with Crippen molar-refractivity contribution < 1.29 is 9.53 Å². The summed E-state index contributed by atoms with van der Waals surface area (Å²) in [4.78, 5) is 33.0. The first-order chi connectivity index (χ1) is 14.5. The number of fused-ring (bicyclic) bond motifs is 1. The highest BCUT2D eigenvalue weighted by molar-refractivity contribution is 7.99. The van der Waals surface area contributed by atoms with Gasteiger partial charge in [-0.25, -0.2) is 4.98 Å². The number of nitrogens with zero attached hydrogens (tertiary/aromatic N) is 1. The van der Waals surface area contributed by atoms with Gasteiger partial charge in [-0.2, -0.15) is 0 Å². The first-order valence-electron chi connectivity index (χ1n) is 8.88. The molecule has 1 amide bonds. The molecule has 0 atom stereocenters. The van der Waals surface area contributed by atoms with Gasteiger partial charge < -0.3 is 15.0 Å². The van der Waals surface area contributed by atoms with Crippen molar-refractivity contribution in [1.29, 1.82) is 0 Å². The van der Waals surface area contributed by atoms with Gasteiger partial charge in [0.1, 0.15) is 10.6 Å². The monoisotopic (exact) mass is 457 g/mol. The number of thioether (sulfide) groups is 1. The van der Waals surface area contributed by atoms with Gasteiger partial charge in [-0.1, -0.05) is 53.7 Å². The number of H-pyrrole nitrogens is 1. The number of thiophene rings is 1. The summed E-state index contributed by atoms with van der Waals surface area (Å²) in [6.45, 7) is 0. The van der Waals surface area contributed by atoms with E-state index in [1.807, 2.05) is 35.7 Å². The zero-order valence-electron chi connectivity index (χ0n) is 15.8. The Hall–Kier alpha value is -2.81. The topological polar surface area (TPSA) is 84.1 Å². The van der Waals surface area contributed by atoms with Gasteiger partial charge >= 0.3 is 0 Å². The van der Waals surface area contributed by atoms with E-state index in [1.165, 1.54) is 18.4 Å². The number of hydrogen-bond acceptors (Lipinski definition) is 6. The van der Waals surface area contributed by atoms with Crippen LogP contribution >= 0.6 is 34.7 Å². The van der Waals surface area contributed by atoms with E-state index < -0.39 is 0 Å². The summed E-state index contributed by atoms with van der Waals surface area (Å²) in [7, 11) is 1.52. The van der Waals surface area contributed by atoms with Crippen molar-refractivity contribution in [3.63, 3.8) is 0 Å². The Morgan fingerprint density at radius 1 is 1.27 bits per heavy atom. The lowest BCUT2D eigenvalue weighted by Crippen LogP contribution is -2.16. The summed E-state index contributed by atoms with van der Waals surface area (Å²) >= 11 is 8.55. The van der Waals surface area contributed by atoms with E-state index in [0.29, 0.717) is 31.8 Å². The number of carbonyl (C=O) groups excluding carboxylic acids is 1. The predicted molar refractivity (Wildman–Crippen MR) is 123 cm³/mol. The van der Waals surface area contributed by atoms with Crippen LogP contribution in [-0.4, -0.2) is 28.7 Å². The van der Waals surface area contributed by atoms with Crippen LogP contribution in [0, 0.1) is 0 Å². The van der Waals surface area contributed by atoms with E-state index in [2.05, 4.69) is 15.3 Å². The van der Waals surface area contributed by atoms with Crippen molar-refractivity contribution in [3.05, 3.63) is 69.3 Å². The molecule has 0 aliphatic carbocycles. The van der Waals surface area contributed by atoms with E-state index in [1.54, 1.807) is 18.2 Å². The molecule has 0 unspecified atom stereocenters. The van der Waals surface area contributed by atoms with Crippen LogP contribution in [0.2, 0.25) is 5.02 Å². The molecule has 2 aromatic carbocycles. The molecule has 152 valence electrons. The van der Waals surface area contributed by atoms with Crippen LogP contribution in [0.25, 0.3) is 21.3 Å². The lowest BCUT2D eigenvalue weighted by molar-refractivity contribution is -0.113. The number of aromatic amines is 1. The zero-order chi connectivity index (χ0) is 21.1. The number of carbonyl (C=O) groups is 1. The third kappa shape index (κ3) is 4.35. The Morgan fingerprint density at radius 3 is 2.83 bits per heavy atom. The number of methoxy groups -OCH3 is 1. The maximum atomic E-state index is 12.7. The molecule has 2 N–H and O–H groups in total. The second kappa shape index (κ2) is 8.91. The Kier molecular flexibility index (Phi) is 6.08. The van der Waals surface area contributed by atoms with E-state index in [9.17, 15) is 9.59 Å². The Labute approximate surface area is 185 Å². The Balaban J connectivity index is 1.51. The normalized spacial score (nSPS) is 10.9. The van der Waals surface area contributed by atoms with Crippen molar-refractivity contribution in [2.75, 3.05) is 18.2 Å². The zero-order valence-corrected chi connectivity index (χ0v) is 18.2. The number of halogens is 1. The van der Waals surface area contributed by atoms with Gasteiger partial charge in [0.25, 0.3) is 5.56 Å². The van der Waals surface area contributed by atoms with Crippen molar-refractivity contribution in [3.8, 4) is 16.9 Å². The summed E-state index contributed by atoms with van der Waals surface area (Å²) in [6, 6.07) is 14.7. The SMILES string of the molecule is COc1ccc(Cl)cc1NC(=O)CSc1nc2scc(-c3ccccc3)c2c(=O)[nH]1. The highest BCUT2D eigenvalue weighted by atomic mass is 35.5. The van der Waals surface area contributed by atoms with Gasteiger partial charge in [0.05, 0.1) is 23.9 Å². The molecular weight excluding hydrogens is 442 g/mol. The summed E-state index contributed by atoms with van der Waals surface area (Å²) in [5, 5.41) is 6.13. The molecule has 0 bridgehead atoms. The standard InChI is InChI=1S/C21H16ClN3O3S2/c1-28-16-8-7-13(22)9-15(16)23-17(26)11-30-21-24-19(27)18-14(10-29-20(18)25-21)12-5-3-2-4-6-12/h2-10H,11H2,1H3,(H,23,26)(H,24,25,27). The predicted octanol–water partition coefficient (Wildman–Crippen LogP) is 5.04. The average Bonchev–Trinajstić information content (AvgIpc) is 3.18. The Morgan fingerprint density at radius 2 is 2.07 bits per heavy atom. The number of benzene rings is 2. The highest BCUT2D eigenvalue weighted by Gasteiger charge is 2.14. The molecule has 0 aliphatic rings. The van der Waals surface area contributed by atoms with Gasteiger partial charge in [-0.3, -0.25) is 9.59 Å². The van der Waals surface area contributed by atoms with Gasteiger partial charge in [0.15, 0.2) is 5.16 Å². The van der Waals surface area contributed by atoms with Crippen molar-refractivity contribution in [1.82, 2.24) is 9.97 Å². The molecule has 4 aromatic rings. The van der Waals surface area contributed by atoms with Gasteiger partial charge in [-0.15, -0.1) is 11.3 Å². The van der Waals surface area contributed by atoms with Crippen LogP contribution in [0.5, 0.6) is 5.75 Å². The second-order valence-electron chi connectivity index (χ2n) is 6.25. The fourth-order valence-electron chi connectivity index (χ4n) is 2.93. The molecule has 9 heteroatoms. The van der Waals surface area contributed by atoms with Crippen LogP contribution in [0.15, 0.2) is 63.9 Å². The van der Waals surface area contributed by atoms with Crippen LogP contribution in [0.1, 0.15) is 0 Å². The van der Waals surface area contributed by atoms with E-state index in [0.717, 1.165) is 22.9 Å². The number of ether oxygens (including phenoxy) is 1. The molecule has 0 saturated heterocycles. The van der Waals surface area contributed by atoms with E-state index >= 15 is 0 Å². The van der Waals surface area contributed by atoms with Crippen molar-refractivity contribution in [2.24, 2.45) is 0 Å². The number of aromatic nitrogens is 2. The first-order valence-corrected chi connectivity index (χ1v) is 11.1. The third-order valence-corrected chi connectivity index (χ3v) is 6.26. The number of anilines is 1. The summed E-state index contributed by atoms with van der Waals surface area (Å²) in [5.74, 6) is 0.318. The lowest BCUT2D eigenvalue weighted by atomic mass is 10.1. The molecule has 30 heavy (non-hydrogen) atoms. The second-order valence-corrected chi connectivity index (χ2v) is 8.51. The third-order valence-electron chi connectivity index (χ3n) is 4.28. The average molecular weight is 458 g/mol.